The van der Waals surface area contributed by atoms with Gasteiger partial charge in [0.1, 0.15) is 18.1 Å². The van der Waals surface area contributed by atoms with Crippen LogP contribution in [-0.2, 0) is 28.7 Å². The van der Waals surface area contributed by atoms with Gasteiger partial charge in [-0.2, -0.15) is 0 Å². The van der Waals surface area contributed by atoms with E-state index in [0.717, 1.165) is 0 Å². The largest absolute Gasteiger partial charge is 0.433 e. The smallest absolute Gasteiger partial charge is 0.310 e. The molecule has 2 fully saturated rings. The number of hydrogen-bond acceptors (Lipinski definition) is 7. The van der Waals surface area contributed by atoms with Crippen molar-refractivity contribution in [2.45, 2.75) is 64.4 Å². The molecule has 3 N–H and O–H groups in total. The van der Waals surface area contributed by atoms with Gasteiger partial charge in [0, 0.05) is 25.6 Å². The summed E-state index contributed by atoms with van der Waals surface area (Å²) in [5.74, 6) is -2.09. The molecule has 1 aromatic carbocycles. The highest BCUT2D eigenvalue weighted by molar-refractivity contribution is 6.34. The number of carbonyl (C=O) groups is 5. The van der Waals surface area contributed by atoms with E-state index in [-0.39, 0.29) is 22.9 Å². The second-order valence-electron chi connectivity index (χ2n) is 8.39. The van der Waals surface area contributed by atoms with E-state index < -0.39 is 48.1 Å². The zero-order valence-electron chi connectivity index (χ0n) is 19.8. The second-order valence-corrected chi connectivity index (χ2v) is 8.80. The topological polar surface area (TPSA) is 143 Å². The number of anilines is 1. The lowest BCUT2D eigenvalue weighted by atomic mass is 10.1. The van der Waals surface area contributed by atoms with Gasteiger partial charge in [0.25, 0.3) is 5.91 Å². The number of halogens is 1. The number of benzene rings is 1. The van der Waals surface area contributed by atoms with Crippen LogP contribution in [0.15, 0.2) is 18.2 Å². The molecule has 2 heterocycles. The van der Waals surface area contributed by atoms with Gasteiger partial charge in [-0.3, -0.25) is 24.0 Å². The Bertz CT molecular complexity index is 1020. The average Bonchev–Trinajstić information content (AvgIpc) is 3.41. The summed E-state index contributed by atoms with van der Waals surface area (Å²) in [6, 6.07) is 2.11. The van der Waals surface area contributed by atoms with Crippen molar-refractivity contribution < 1.29 is 33.4 Å². The van der Waals surface area contributed by atoms with Crippen molar-refractivity contribution in [2.75, 3.05) is 18.5 Å². The Morgan fingerprint density at radius 1 is 1.29 bits per heavy atom. The fourth-order valence-corrected chi connectivity index (χ4v) is 4.32. The number of nitrogens with zero attached hydrogens (tertiary/aromatic N) is 1. The first kappa shape index (κ1) is 26.4. The molecule has 0 aromatic heterocycles. The lowest BCUT2D eigenvalue weighted by Crippen LogP contribution is -2.54. The van der Waals surface area contributed by atoms with E-state index in [1.807, 2.05) is 0 Å². The van der Waals surface area contributed by atoms with Crippen molar-refractivity contribution in [2.24, 2.45) is 0 Å². The van der Waals surface area contributed by atoms with Crippen LogP contribution in [0.3, 0.4) is 0 Å². The molecule has 0 bridgehead atoms. The average molecular weight is 509 g/mol. The molecule has 0 saturated carbocycles. The molecule has 4 atom stereocenters. The third kappa shape index (κ3) is 6.49. The number of esters is 1. The number of hydrogen-bond donors (Lipinski definition) is 3. The van der Waals surface area contributed by atoms with Crippen LogP contribution in [-0.4, -0.2) is 72.1 Å². The van der Waals surface area contributed by atoms with Crippen molar-refractivity contribution in [1.29, 1.82) is 0 Å². The summed E-state index contributed by atoms with van der Waals surface area (Å²) in [5, 5.41) is 8.13. The minimum absolute atomic E-state index is 0.00712. The fraction of sp³-hybridized carbons (Fsp3) is 0.522. The Kier molecular flexibility index (Phi) is 8.68. The maximum atomic E-state index is 13.1. The lowest BCUT2D eigenvalue weighted by Gasteiger charge is -2.28. The van der Waals surface area contributed by atoms with Crippen LogP contribution in [0.25, 0.3) is 0 Å². The molecule has 3 rings (SSSR count). The van der Waals surface area contributed by atoms with Gasteiger partial charge in [-0.15, -0.1) is 0 Å². The number of rotatable bonds is 8. The third-order valence-corrected chi connectivity index (χ3v) is 6.03. The minimum atomic E-state index is -0.905. The highest BCUT2D eigenvalue weighted by atomic mass is 35.5. The van der Waals surface area contributed by atoms with E-state index in [1.165, 1.54) is 36.9 Å². The zero-order valence-corrected chi connectivity index (χ0v) is 20.5. The molecule has 0 unspecified atom stereocenters. The van der Waals surface area contributed by atoms with E-state index in [1.54, 1.807) is 6.92 Å². The summed E-state index contributed by atoms with van der Waals surface area (Å²) in [6.07, 6.45) is 0.218. The zero-order chi connectivity index (χ0) is 25.7. The number of carbonyl (C=O) groups excluding carboxylic acids is 5. The van der Waals surface area contributed by atoms with Gasteiger partial charge in [0.05, 0.1) is 17.1 Å². The van der Waals surface area contributed by atoms with Crippen LogP contribution in [0.2, 0.25) is 5.02 Å². The molecule has 0 spiro atoms. The number of likely N-dealkylation sites (tertiary alicyclic amines) is 1. The summed E-state index contributed by atoms with van der Waals surface area (Å²) in [4.78, 5) is 62.9. The maximum Gasteiger partial charge on any atom is 0.310 e. The first-order valence-electron chi connectivity index (χ1n) is 11.4. The third-order valence-electron chi connectivity index (χ3n) is 5.72. The molecule has 4 amide bonds. The second kappa shape index (κ2) is 11.5. The van der Waals surface area contributed by atoms with E-state index in [9.17, 15) is 24.0 Å². The molecule has 2 saturated heterocycles. The molecule has 12 heteroatoms. The van der Waals surface area contributed by atoms with Crippen LogP contribution in [0.4, 0.5) is 5.69 Å². The van der Waals surface area contributed by atoms with E-state index in [2.05, 4.69) is 16.0 Å². The number of amides is 4. The Morgan fingerprint density at radius 2 is 2.03 bits per heavy atom. The van der Waals surface area contributed by atoms with Crippen molar-refractivity contribution in [3.8, 4) is 0 Å². The van der Waals surface area contributed by atoms with Crippen LogP contribution in [0, 0.1) is 0 Å². The fourth-order valence-electron chi connectivity index (χ4n) is 4.09. The summed E-state index contributed by atoms with van der Waals surface area (Å²) in [7, 11) is 0. The normalized spacial score (nSPS) is 22.3. The van der Waals surface area contributed by atoms with Crippen molar-refractivity contribution in [3.63, 3.8) is 0 Å². The number of cyclic esters (lactones) is 1. The lowest BCUT2D eigenvalue weighted by molar-refractivity contribution is -0.164. The monoisotopic (exact) mass is 508 g/mol. The molecule has 2 aliphatic rings. The predicted octanol–water partition coefficient (Wildman–Crippen LogP) is 1.20. The molecule has 11 nitrogen and oxygen atoms in total. The molecule has 0 radical (unpaired) electrons. The summed E-state index contributed by atoms with van der Waals surface area (Å²) in [5.41, 5.74) is 0.582. The quantitative estimate of drug-likeness (QED) is 0.448. The first-order valence-corrected chi connectivity index (χ1v) is 11.8. The highest BCUT2D eigenvalue weighted by Gasteiger charge is 2.41. The highest BCUT2D eigenvalue weighted by Crippen LogP contribution is 2.24. The van der Waals surface area contributed by atoms with Gasteiger partial charge in [0.15, 0.2) is 0 Å². The van der Waals surface area contributed by atoms with Crippen molar-refractivity contribution in [3.05, 3.63) is 28.8 Å². The van der Waals surface area contributed by atoms with Crippen LogP contribution in [0.1, 0.15) is 50.4 Å². The Labute approximate surface area is 207 Å². The SMILES string of the molecule is CCO[C@@H]1OC(=O)C[C@@H]1NC(=O)[C@@H]1CCCN1C(=O)[C@H](C)NC(=O)c1ccc(NC(C)=O)c(Cl)c1. The van der Waals surface area contributed by atoms with E-state index >= 15 is 0 Å². The standard InChI is InChI=1S/C23H29ClN4O7/c1-4-34-23-17(11-19(30)35-23)27-21(32)18-6-5-9-28(18)22(33)12(2)25-20(31)14-7-8-16(15(24)10-14)26-13(3)29/h7-8,10,12,17-18,23H,4-6,9,11H2,1-3H3,(H,25,31)(H,26,29)(H,27,32)/t12-,17-,18-,23+/m0/s1. The molecule has 35 heavy (non-hydrogen) atoms. The Hall–Kier alpha value is -3.18. The van der Waals surface area contributed by atoms with Gasteiger partial charge >= 0.3 is 5.97 Å². The summed E-state index contributed by atoms with van der Waals surface area (Å²) >= 11 is 6.13. The van der Waals surface area contributed by atoms with Gasteiger partial charge < -0.3 is 30.3 Å². The molecule has 190 valence electrons. The van der Waals surface area contributed by atoms with Gasteiger partial charge in [-0.1, -0.05) is 11.6 Å². The van der Waals surface area contributed by atoms with E-state index in [4.69, 9.17) is 21.1 Å². The Morgan fingerprint density at radius 3 is 2.69 bits per heavy atom. The number of ether oxygens (including phenoxy) is 2. The van der Waals surface area contributed by atoms with Gasteiger partial charge in [-0.05, 0) is 44.9 Å². The predicted molar refractivity (Wildman–Crippen MR) is 125 cm³/mol. The van der Waals surface area contributed by atoms with Crippen LogP contribution in [0.5, 0.6) is 0 Å². The minimum Gasteiger partial charge on any atom is -0.433 e. The van der Waals surface area contributed by atoms with E-state index in [0.29, 0.717) is 31.7 Å². The van der Waals surface area contributed by atoms with Gasteiger partial charge in [-0.25, -0.2) is 0 Å². The molecular formula is C23H29ClN4O7. The summed E-state index contributed by atoms with van der Waals surface area (Å²) in [6.45, 7) is 5.31. The summed E-state index contributed by atoms with van der Waals surface area (Å²) < 4.78 is 10.4. The molecule has 2 aliphatic heterocycles. The Balaban J connectivity index is 1.61. The molecular weight excluding hydrogens is 480 g/mol. The van der Waals surface area contributed by atoms with Crippen molar-refractivity contribution >= 4 is 46.9 Å². The number of nitrogens with one attached hydrogen (secondary N) is 3. The van der Waals surface area contributed by atoms with Crippen LogP contribution < -0.4 is 16.0 Å². The van der Waals surface area contributed by atoms with Crippen LogP contribution >= 0.6 is 11.6 Å². The maximum absolute atomic E-state index is 13.1. The first-order chi connectivity index (χ1) is 16.6. The molecule has 0 aliphatic carbocycles. The van der Waals surface area contributed by atoms with Gasteiger partial charge in [0.2, 0.25) is 24.0 Å². The molecule has 1 aromatic rings. The van der Waals surface area contributed by atoms with Crippen molar-refractivity contribution in [1.82, 2.24) is 15.5 Å².